The summed E-state index contributed by atoms with van der Waals surface area (Å²) < 4.78 is 31.3. The Morgan fingerprint density at radius 2 is 1.03 bits per heavy atom. The Balaban J connectivity index is 0.00000900. The van der Waals surface area contributed by atoms with Crippen LogP contribution in [0, 0.1) is 0 Å². The van der Waals surface area contributed by atoms with Crippen molar-refractivity contribution in [2.75, 3.05) is 33.7 Å². The van der Waals surface area contributed by atoms with Gasteiger partial charge in [0.2, 0.25) is 12.1 Å². The fraction of sp³-hybridized carbons (Fsp3) is 0.324. The van der Waals surface area contributed by atoms with E-state index in [0.29, 0.717) is 0 Å². The normalized spacial score (nSPS) is 13.0. The minimum absolute atomic E-state index is 0. The molecule has 1 aliphatic heterocycles. The van der Waals surface area contributed by atoms with E-state index in [4.69, 9.17) is 33.3 Å². The smallest absolute Gasteiger partial charge is 0.411 e. The first-order valence-electron chi connectivity index (χ1n) is 17.4. The van der Waals surface area contributed by atoms with Crippen LogP contribution in [0.4, 0.5) is 9.59 Å². The quantitative estimate of drug-likeness (QED) is 0.0486. The number of benzene rings is 3. The number of hydrogen-bond donors (Lipinski definition) is 5. The predicted molar refractivity (Wildman–Crippen MR) is 196 cm³/mol. The minimum atomic E-state index is -2.01. The predicted octanol–water partition coefficient (Wildman–Crippen LogP) is 0.193. The number of hydrogen-bond acceptors (Lipinski definition) is 15. The fourth-order valence-corrected chi connectivity index (χ4v) is 4.60. The van der Waals surface area contributed by atoms with Crippen molar-refractivity contribution in [3.8, 4) is 0 Å². The van der Waals surface area contributed by atoms with Crippen molar-refractivity contribution < 1.29 is 72.3 Å². The summed E-state index contributed by atoms with van der Waals surface area (Å²) in [4.78, 5) is 92.9. The van der Waals surface area contributed by atoms with E-state index in [1.165, 1.54) is 0 Å². The zero-order chi connectivity index (χ0) is 40.7. The van der Waals surface area contributed by atoms with Crippen LogP contribution in [0.25, 0.3) is 0 Å². The molecule has 2 atom stereocenters. The monoisotopic (exact) mass is 812 g/mol. The molecule has 1 heterocycles. The number of nitrogens with one attached hydrogen (secondary N) is 5. The maximum absolute atomic E-state index is 13.1. The Kier molecular flexibility index (Phi) is 20.3. The van der Waals surface area contributed by atoms with Crippen LogP contribution in [0.1, 0.15) is 29.5 Å². The molecule has 0 spiro atoms. The van der Waals surface area contributed by atoms with E-state index in [-0.39, 0.29) is 56.7 Å². The van der Waals surface area contributed by atoms with Crippen molar-refractivity contribution in [3.05, 3.63) is 108 Å². The molecule has 0 bridgehead atoms. The van der Waals surface area contributed by atoms with Gasteiger partial charge in [0, 0.05) is 12.8 Å². The van der Waals surface area contributed by atoms with Crippen molar-refractivity contribution in [1.29, 1.82) is 0 Å². The van der Waals surface area contributed by atoms with E-state index >= 15 is 0 Å². The highest BCUT2D eigenvalue weighted by atomic mass is 16.7. The number of alkyl carbamates (subject to hydrolysis) is 2. The van der Waals surface area contributed by atoms with Gasteiger partial charge >= 0.3 is 18.2 Å². The molecule has 58 heavy (non-hydrogen) atoms. The summed E-state index contributed by atoms with van der Waals surface area (Å²) in [6.07, 6.45) is -6.30. The zero-order valence-electron chi connectivity index (χ0n) is 31.0. The molecule has 3 aromatic rings. The lowest BCUT2D eigenvalue weighted by molar-refractivity contribution is -0.199. The topological polar surface area (TPSA) is 279 Å². The van der Waals surface area contributed by atoms with E-state index in [0.717, 1.165) is 16.7 Å². The van der Waals surface area contributed by atoms with E-state index in [1.54, 1.807) is 24.3 Å². The molecule has 2 unspecified atom stereocenters. The molecule has 21 nitrogen and oxygen atoms in total. The van der Waals surface area contributed by atoms with Gasteiger partial charge in [-0.2, -0.15) is 0 Å². The molecule has 1 aliphatic rings. The van der Waals surface area contributed by atoms with Crippen LogP contribution in [0.2, 0.25) is 0 Å². The third-order valence-corrected chi connectivity index (χ3v) is 7.38. The summed E-state index contributed by atoms with van der Waals surface area (Å²) in [5.74, 6) is -5.10. The molecule has 312 valence electrons. The molecule has 4 rings (SSSR count). The highest BCUT2D eigenvalue weighted by molar-refractivity contribution is 6.02. The average Bonchev–Trinajstić information content (AvgIpc) is 3.54. The molecular formula is C37H44N6O15. The summed E-state index contributed by atoms with van der Waals surface area (Å²) in [5, 5.41) is 11.5. The molecule has 6 amide bonds. The molecule has 1 fully saturated rings. The highest BCUT2D eigenvalue weighted by Gasteiger charge is 2.36. The highest BCUT2D eigenvalue weighted by Crippen LogP contribution is 2.12. The second-order valence-electron chi connectivity index (χ2n) is 11.7. The van der Waals surface area contributed by atoms with E-state index in [2.05, 4.69) is 21.3 Å². The lowest BCUT2D eigenvalue weighted by Gasteiger charge is -2.22. The Labute approximate surface area is 331 Å². The van der Waals surface area contributed by atoms with Crippen LogP contribution >= 0.6 is 0 Å². The van der Waals surface area contributed by atoms with Crippen molar-refractivity contribution in [2.45, 2.75) is 45.0 Å². The maximum Gasteiger partial charge on any atom is 0.411 e. The largest absolute Gasteiger partial charge is 0.422 e. The van der Waals surface area contributed by atoms with E-state index in [9.17, 15) is 33.6 Å². The number of ether oxygens (including phenoxy) is 6. The molecule has 0 saturated carbocycles. The minimum Gasteiger partial charge on any atom is -0.422 e. The number of hydroxylamine groups is 2. The van der Waals surface area contributed by atoms with Crippen molar-refractivity contribution in [2.24, 2.45) is 0 Å². The molecule has 21 heteroatoms. The van der Waals surface area contributed by atoms with Crippen LogP contribution in [0.15, 0.2) is 91.0 Å². The molecule has 0 aliphatic carbocycles. The number of carbonyl (C=O) groups excluding carboxylic acids is 7. The third kappa shape index (κ3) is 17.1. The lowest BCUT2D eigenvalue weighted by atomic mass is 10.2. The van der Waals surface area contributed by atoms with Gasteiger partial charge in [0.25, 0.3) is 17.7 Å². The second-order valence-corrected chi connectivity index (χ2v) is 11.7. The van der Waals surface area contributed by atoms with Gasteiger partial charge in [0.1, 0.15) is 13.5 Å². The zero-order valence-corrected chi connectivity index (χ0v) is 31.0. The number of amides is 6. The Morgan fingerprint density at radius 1 is 0.586 bits per heavy atom. The summed E-state index contributed by atoms with van der Waals surface area (Å²) in [5.41, 5.74) is 2.52. The summed E-state index contributed by atoms with van der Waals surface area (Å²) in [6, 6.07) is 27.3. The van der Waals surface area contributed by atoms with Crippen molar-refractivity contribution in [1.82, 2.24) is 31.6 Å². The van der Waals surface area contributed by atoms with Gasteiger partial charge in [-0.1, -0.05) is 91.0 Å². The van der Waals surface area contributed by atoms with Crippen LogP contribution in [-0.4, -0.2) is 98.3 Å². The third-order valence-electron chi connectivity index (χ3n) is 7.38. The molecule has 7 N–H and O–H groups in total. The molecular weight excluding hydrogens is 768 g/mol. The lowest BCUT2D eigenvalue weighted by Crippen LogP contribution is -2.59. The summed E-state index contributed by atoms with van der Waals surface area (Å²) >= 11 is 0. The SMILES string of the molecule is O.O=C(CNC(=O)C(NCOCOCc1ccccc1)NC(=O)OCOCc1ccccc1)NC(NC(=O)OCOCc1ccccc1)C(=O)ON1C(=O)CCC1=O. The molecule has 0 aromatic heterocycles. The number of nitrogens with zero attached hydrogens (tertiary/aromatic N) is 1. The Morgan fingerprint density at radius 3 is 1.52 bits per heavy atom. The first-order valence-corrected chi connectivity index (χ1v) is 17.4. The van der Waals surface area contributed by atoms with Crippen LogP contribution < -0.4 is 26.6 Å². The average molecular weight is 813 g/mol. The Bertz CT molecular complexity index is 1760. The summed E-state index contributed by atoms with van der Waals surface area (Å²) in [7, 11) is 0. The number of imide groups is 1. The van der Waals surface area contributed by atoms with Crippen molar-refractivity contribution in [3.63, 3.8) is 0 Å². The maximum atomic E-state index is 13.1. The standard InChI is InChI=1S/C37H42N6O14.H2O/c44-29(40-33(35(48)57-43-30(45)16-17-31(43)46)42-37(50)56-25-53-21-28-14-8-3-9-15-28)18-38-34(47)32(39-22-54-23-51-19-26-10-4-1-5-11-26)41-36(49)55-24-52-20-27-12-6-2-7-13-27;/h1-15,32-33,39H,16-25H2,(H,38,47)(H,40,44)(H,41,49)(H,42,50);1H2. The van der Waals surface area contributed by atoms with Gasteiger partial charge in [-0.15, -0.1) is 5.06 Å². The van der Waals surface area contributed by atoms with Crippen molar-refractivity contribution >= 4 is 41.8 Å². The van der Waals surface area contributed by atoms with Gasteiger partial charge in [0.15, 0.2) is 19.8 Å². The molecule has 1 saturated heterocycles. The van der Waals surface area contributed by atoms with E-state index in [1.807, 2.05) is 72.0 Å². The van der Waals surface area contributed by atoms with Gasteiger partial charge < -0.3 is 49.4 Å². The molecule has 3 aromatic carbocycles. The van der Waals surface area contributed by atoms with Gasteiger partial charge in [-0.25, -0.2) is 14.4 Å². The van der Waals surface area contributed by atoms with Crippen LogP contribution in [0.5, 0.6) is 0 Å². The number of carbonyl (C=O) groups is 7. The van der Waals surface area contributed by atoms with Gasteiger partial charge in [0.05, 0.1) is 26.4 Å². The van der Waals surface area contributed by atoms with E-state index < -0.39 is 74.2 Å². The van der Waals surface area contributed by atoms with Crippen LogP contribution in [-0.2, 0) is 77.1 Å². The number of rotatable bonds is 23. The second kappa shape index (κ2) is 25.6. The Hall–Kier alpha value is -6.49. The first kappa shape index (κ1) is 45.9. The summed E-state index contributed by atoms with van der Waals surface area (Å²) in [6.45, 7) is -1.84. The van der Waals surface area contributed by atoms with Gasteiger partial charge in [-0.3, -0.25) is 35.1 Å². The first-order chi connectivity index (χ1) is 27.7. The molecule has 0 radical (unpaired) electrons. The fourth-order valence-electron chi connectivity index (χ4n) is 4.60. The van der Waals surface area contributed by atoms with Gasteiger partial charge in [-0.05, 0) is 16.7 Å². The van der Waals surface area contributed by atoms with Crippen LogP contribution in [0.3, 0.4) is 0 Å².